The lowest BCUT2D eigenvalue weighted by Gasteiger charge is -2.08. The Labute approximate surface area is 96.4 Å². The van der Waals surface area contributed by atoms with Crippen LogP contribution in [0.15, 0.2) is 66.9 Å². The van der Waals surface area contributed by atoms with Crippen molar-refractivity contribution < 1.29 is 0 Å². The van der Waals surface area contributed by atoms with Gasteiger partial charge in [-0.05, 0) is 11.1 Å². The molecule has 1 heteroatoms. The lowest BCUT2D eigenvalue weighted by molar-refractivity contribution is 1.10. The van der Waals surface area contributed by atoms with Crippen molar-refractivity contribution in [2.45, 2.75) is 0 Å². The maximum atomic E-state index is 3.10. The summed E-state index contributed by atoms with van der Waals surface area (Å²) in [7, 11) is 1.92. The summed E-state index contributed by atoms with van der Waals surface area (Å²) in [6, 6.07) is 20.8. The molecule has 0 aromatic heterocycles. The molecule has 1 N–H and O–H groups in total. The van der Waals surface area contributed by atoms with Gasteiger partial charge in [0.2, 0.25) is 0 Å². The van der Waals surface area contributed by atoms with Crippen LogP contribution in [0.5, 0.6) is 0 Å². The van der Waals surface area contributed by atoms with E-state index in [4.69, 9.17) is 0 Å². The van der Waals surface area contributed by atoms with Crippen LogP contribution in [0.25, 0.3) is 5.57 Å². The van der Waals surface area contributed by atoms with E-state index in [1.807, 2.05) is 25.4 Å². The summed E-state index contributed by atoms with van der Waals surface area (Å²) in [6.45, 7) is 0. The van der Waals surface area contributed by atoms with Crippen LogP contribution in [-0.2, 0) is 0 Å². The highest BCUT2D eigenvalue weighted by atomic mass is 14.8. The molecule has 0 spiro atoms. The number of nitrogens with one attached hydrogen (secondary N) is 1. The van der Waals surface area contributed by atoms with Gasteiger partial charge in [0.05, 0.1) is 0 Å². The Morgan fingerprint density at radius 1 is 0.812 bits per heavy atom. The van der Waals surface area contributed by atoms with Gasteiger partial charge in [-0.25, -0.2) is 0 Å². The fourth-order valence-electron chi connectivity index (χ4n) is 1.71. The molecule has 0 aliphatic heterocycles. The number of hydrogen-bond acceptors (Lipinski definition) is 1. The molecule has 0 saturated heterocycles. The first-order valence-corrected chi connectivity index (χ1v) is 5.40. The fourth-order valence-corrected chi connectivity index (χ4v) is 1.71. The molecule has 0 radical (unpaired) electrons. The Morgan fingerprint density at radius 2 is 1.25 bits per heavy atom. The Bertz CT molecular complexity index is 416. The standard InChI is InChI=1S/C15H15N/c1-16-12-15(13-8-4-2-5-9-13)14-10-6-3-7-11-14/h2-12,16H,1H3. The summed E-state index contributed by atoms with van der Waals surface area (Å²) in [6.07, 6.45) is 2.03. The third-order valence-corrected chi connectivity index (χ3v) is 2.46. The van der Waals surface area contributed by atoms with Crippen LogP contribution in [0, 0.1) is 0 Å². The van der Waals surface area contributed by atoms with Crippen LogP contribution in [0.1, 0.15) is 11.1 Å². The van der Waals surface area contributed by atoms with Crippen molar-refractivity contribution >= 4 is 5.57 Å². The summed E-state index contributed by atoms with van der Waals surface area (Å²) in [4.78, 5) is 0. The second-order valence-corrected chi connectivity index (χ2v) is 3.58. The van der Waals surface area contributed by atoms with Crippen molar-refractivity contribution in [3.63, 3.8) is 0 Å². The number of benzene rings is 2. The molecule has 0 aliphatic rings. The summed E-state index contributed by atoms with van der Waals surface area (Å²) in [5.41, 5.74) is 3.66. The predicted octanol–water partition coefficient (Wildman–Crippen LogP) is 3.30. The lowest BCUT2D eigenvalue weighted by atomic mass is 9.99. The SMILES string of the molecule is CNC=C(c1ccccc1)c1ccccc1. The van der Waals surface area contributed by atoms with Crippen LogP contribution in [0.2, 0.25) is 0 Å². The molecule has 0 aliphatic carbocycles. The second-order valence-electron chi connectivity index (χ2n) is 3.58. The third kappa shape index (κ3) is 2.31. The van der Waals surface area contributed by atoms with Gasteiger partial charge in [0.15, 0.2) is 0 Å². The van der Waals surface area contributed by atoms with Gasteiger partial charge in [-0.3, -0.25) is 0 Å². The molecule has 2 aromatic carbocycles. The Morgan fingerprint density at radius 3 is 1.62 bits per heavy atom. The van der Waals surface area contributed by atoms with Crippen LogP contribution in [0.4, 0.5) is 0 Å². The molecule has 2 aromatic rings. The normalized spacial score (nSPS) is 9.56. The van der Waals surface area contributed by atoms with Crippen molar-refractivity contribution in [2.24, 2.45) is 0 Å². The molecule has 2 rings (SSSR count). The zero-order valence-corrected chi connectivity index (χ0v) is 9.35. The van der Waals surface area contributed by atoms with E-state index in [1.165, 1.54) is 16.7 Å². The summed E-state index contributed by atoms with van der Waals surface area (Å²) in [5, 5.41) is 3.10. The minimum absolute atomic E-state index is 1.21. The van der Waals surface area contributed by atoms with E-state index in [0.717, 1.165) is 0 Å². The molecule has 0 saturated carbocycles. The van der Waals surface area contributed by atoms with Crippen molar-refractivity contribution in [3.8, 4) is 0 Å². The fraction of sp³-hybridized carbons (Fsp3) is 0.0667. The molecular formula is C15H15N. The quantitative estimate of drug-likeness (QED) is 0.818. The zero-order valence-electron chi connectivity index (χ0n) is 9.35. The highest BCUT2D eigenvalue weighted by Crippen LogP contribution is 2.21. The summed E-state index contributed by atoms with van der Waals surface area (Å²) >= 11 is 0. The highest BCUT2D eigenvalue weighted by molar-refractivity contribution is 5.79. The molecule has 0 heterocycles. The van der Waals surface area contributed by atoms with E-state index in [9.17, 15) is 0 Å². The Kier molecular flexibility index (Phi) is 3.39. The third-order valence-electron chi connectivity index (χ3n) is 2.46. The average Bonchev–Trinajstić information content (AvgIpc) is 2.38. The molecule has 0 atom stereocenters. The lowest BCUT2D eigenvalue weighted by Crippen LogP contribution is -1.97. The van der Waals surface area contributed by atoms with E-state index in [-0.39, 0.29) is 0 Å². The smallest absolute Gasteiger partial charge is 0.00473 e. The monoisotopic (exact) mass is 209 g/mol. The molecule has 0 amide bonds. The largest absolute Gasteiger partial charge is 0.393 e. The van der Waals surface area contributed by atoms with Gasteiger partial charge in [-0.1, -0.05) is 60.7 Å². The maximum absolute atomic E-state index is 3.10. The van der Waals surface area contributed by atoms with E-state index in [1.54, 1.807) is 0 Å². The molecule has 0 bridgehead atoms. The van der Waals surface area contributed by atoms with Gasteiger partial charge >= 0.3 is 0 Å². The average molecular weight is 209 g/mol. The summed E-state index contributed by atoms with van der Waals surface area (Å²) < 4.78 is 0. The second kappa shape index (κ2) is 5.17. The van der Waals surface area contributed by atoms with Crippen LogP contribution in [-0.4, -0.2) is 7.05 Å². The molecule has 0 fully saturated rings. The van der Waals surface area contributed by atoms with E-state index >= 15 is 0 Å². The first kappa shape index (κ1) is 10.5. The van der Waals surface area contributed by atoms with Crippen molar-refractivity contribution in [3.05, 3.63) is 78.0 Å². The van der Waals surface area contributed by atoms with Gasteiger partial charge in [0.25, 0.3) is 0 Å². The molecular weight excluding hydrogens is 194 g/mol. The molecule has 16 heavy (non-hydrogen) atoms. The van der Waals surface area contributed by atoms with E-state index in [0.29, 0.717) is 0 Å². The van der Waals surface area contributed by atoms with Gasteiger partial charge < -0.3 is 5.32 Å². The number of rotatable bonds is 3. The first-order chi connectivity index (χ1) is 7.92. The number of hydrogen-bond donors (Lipinski definition) is 1. The molecule has 80 valence electrons. The van der Waals surface area contributed by atoms with Crippen LogP contribution < -0.4 is 5.32 Å². The highest BCUT2D eigenvalue weighted by Gasteiger charge is 2.02. The maximum Gasteiger partial charge on any atom is 0.00473 e. The van der Waals surface area contributed by atoms with Crippen molar-refractivity contribution in [1.29, 1.82) is 0 Å². The van der Waals surface area contributed by atoms with Gasteiger partial charge in [-0.2, -0.15) is 0 Å². The van der Waals surface area contributed by atoms with Crippen LogP contribution >= 0.6 is 0 Å². The van der Waals surface area contributed by atoms with Crippen molar-refractivity contribution in [1.82, 2.24) is 5.32 Å². The van der Waals surface area contributed by atoms with Gasteiger partial charge in [0.1, 0.15) is 0 Å². The molecule has 0 unspecified atom stereocenters. The Balaban J connectivity index is 2.44. The van der Waals surface area contributed by atoms with E-state index < -0.39 is 0 Å². The van der Waals surface area contributed by atoms with Gasteiger partial charge in [0, 0.05) is 18.8 Å². The topological polar surface area (TPSA) is 12.0 Å². The van der Waals surface area contributed by atoms with E-state index in [2.05, 4.69) is 53.8 Å². The predicted molar refractivity (Wildman–Crippen MR) is 69.0 cm³/mol. The minimum Gasteiger partial charge on any atom is -0.393 e. The molecule has 1 nitrogen and oxygen atoms in total. The summed E-state index contributed by atoms with van der Waals surface area (Å²) in [5.74, 6) is 0. The minimum atomic E-state index is 1.21. The zero-order chi connectivity index (χ0) is 11.2. The Hall–Kier alpha value is -2.02. The van der Waals surface area contributed by atoms with Crippen molar-refractivity contribution in [2.75, 3.05) is 7.05 Å². The first-order valence-electron chi connectivity index (χ1n) is 5.40. The van der Waals surface area contributed by atoms with Crippen LogP contribution in [0.3, 0.4) is 0 Å². The van der Waals surface area contributed by atoms with Gasteiger partial charge in [-0.15, -0.1) is 0 Å².